The Morgan fingerprint density at radius 1 is 0.769 bits per heavy atom. The molecule has 4 atom stereocenters. The minimum absolute atomic E-state index is 0. The van der Waals surface area contributed by atoms with Crippen LogP contribution in [0.1, 0.15) is 53.4 Å². The van der Waals surface area contributed by atoms with Crippen LogP contribution in [-0.4, -0.2) is 70.3 Å². The molecule has 2 saturated heterocycles. The Bertz CT molecular complexity index is 1230. The number of pyridine rings is 1. The highest BCUT2D eigenvalue weighted by Crippen LogP contribution is 2.26. The summed E-state index contributed by atoms with van der Waals surface area (Å²) in [6, 6.07) is 13.5. The van der Waals surface area contributed by atoms with E-state index >= 15 is 0 Å². The Hall–Kier alpha value is -3.07. The highest BCUT2D eigenvalue weighted by atomic mass is 16.2. The summed E-state index contributed by atoms with van der Waals surface area (Å²) < 4.78 is 0. The Labute approximate surface area is 231 Å². The van der Waals surface area contributed by atoms with Gasteiger partial charge in [0.15, 0.2) is 0 Å². The highest BCUT2D eigenvalue weighted by Gasteiger charge is 2.27. The Kier molecular flexibility index (Phi) is 9.20. The van der Waals surface area contributed by atoms with Gasteiger partial charge < -0.3 is 16.1 Å². The molecule has 4 N–H and O–H groups in total. The molecule has 0 aliphatic carbocycles. The molecule has 4 unspecified atom stereocenters. The Morgan fingerprint density at radius 2 is 1.21 bits per heavy atom. The summed E-state index contributed by atoms with van der Waals surface area (Å²) in [5.41, 5.74) is 3.13. The summed E-state index contributed by atoms with van der Waals surface area (Å²) in [4.78, 5) is 35.4. The third-order valence-electron chi connectivity index (χ3n) is 8.38. The van der Waals surface area contributed by atoms with Gasteiger partial charge in [-0.2, -0.15) is 0 Å². The van der Waals surface area contributed by atoms with Crippen molar-refractivity contribution in [1.82, 2.24) is 14.8 Å². The molecule has 3 aromatic rings. The fourth-order valence-corrected chi connectivity index (χ4v) is 5.96. The third kappa shape index (κ3) is 6.75. The fraction of sp³-hybridized carbons (Fsp3) is 0.516. The van der Waals surface area contributed by atoms with Crippen molar-refractivity contribution in [3.8, 4) is 0 Å². The van der Waals surface area contributed by atoms with E-state index in [-0.39, 0.29) is 29.4 Å². The first-order valence-electron chi connectivity index (χ1n) is 14.2. The minimum Gasteiger partial charge on any atom is -0.412 e. The van der Waals surface area contributed by atoms with E-state index in [0.717, 1.165) is 72.2 Å². The maximum atomic E-state index is 13.0. The average molecular weight is 534 g/mol. The Morgan fingerprint density at radius 3 is 1.62 bits per heavy atom. The lowest BCUT2D eigenvalue weighted by Gasteiger charge is -2.34. The van der Waals surface area contributed by atoms with Gasteiger partial charge in [-0.3, -0.25) is 19.4 Å². The van der Waals surface area contributed by atoms with Gasteiger partial charge in [0.1, 0.15) is 0 Å². The lowest BCUT2D eigenvalue weighted by Crippen LogP contribution is -2.46. The molecule has 39 heavy (non-hydrogen) atoms. The maximum Gasteiger partial charge on any atom is 0.241 e. The topological polar surface area (TPSA) is 109 Å². The fourth-order valence-electron chi connectivity index (χ4n) is 5.96. The van der Waals surface area contributed by atoms with Gasteiger partial charge in [-0.1, -0.05) is 26.0 Å². The van der Waals surface area contributed by atoms with E-state index in [4.69, 9.17) is 4.98 Å². The molecule has 1 aromatic heterocycles. The summed E-state index contributed by atoms with van der Waals surface area (Å²) >= 11 is 0. The maximum absolute atomic E-state index is 13.0. The average Bonchev–Trinajstić information content (AvgIpc) is 2.91. The van der Waals surface area contributed by atoms with Crippen LogP contribution in [0, 0.1) is 11.8 Å². The number of nitrogens with zero attached hydrogens (tertiary/aromatic N) is 3. The van der Waals surface area contributed by atoms with Crippen molar-refractivity contribution in [2.45, 2.75) is 65.5 Å². The van der Waals surface area contributed by atoms with Crippen LogP contribution in [0.2, 0.25) is 0 Å². The molecule has 2 aliphatic heterocycles. The molecular weight excluding hydrogens is 490 g/mol. The lowest BCUT2D eigenvalue weighted by molar-refractivity contribution is -0.122. The summed E-state index contributed by atoms with van der Waals surface area (Å²) in [5.74, 6) is 1.29. The number of nitrogens with one attached hydrogen (secondary N) is 2. The van der Waals surface area contributed by atoms with E-state index in [1.807, 2.05) is 50.2 Å². The van der Waals surface area contributed by atoms with Crippen LogP contribution in [0.5, 0.6) is 0 Å². The zero-order valence-electron chi connectivity index (χ0n) is 23.7. The predicted octanol–water partition coefficient (Wildman–Crippen LogP) is 4.68. The number of rotatable bonds is 6. The van der Waals surface area contributed by atoms with Crippen molar-refractivity contribution < 1.29 is 15.1 Å². The summed E-state index contributed by atoms with van der Waals surface area (Å²) in [6.07, 6.45) is 4.75. The second-order valence-corrected chi connectivity index (χ2v) is 11.6. The standard InChI is InChI=1S/C31H41N5O2.H2O/c1-20-7-5-13-35(18-20)22(3)30(37)32-26-11-9-24-15-25-10-12-27(17-29(25)34-28(24)16-26)33-31(38)23(4)36-14-6-8-21(2)19-36;/h9-12,15-17,20-23H,5-8,13-14,18-19H2,1-4H3,(H,32,37)(H,33,38);1H2. The van der Waals surface area contributed by atoms with Crippen molar-refractivity contribution in [2.24, 2.45) is 11.8 Å². The van der Waals surface area contributed by atoms with Crippen molar-refractivity contribution >= 4 is 45.0 Å². The molecule has 8 nitrogen and oxygen atoms in total. The molecule has 0 radical (unpaired) electrons. The van der Waals surface area contributed by atoms with E-state index < -0.39 is 0 Å². The van der Waals surface area contributed by atoms with Gasteiger partial charge in [-0.15, -0.1) is 0 Å². The number of likely N-dealkylation sites (tertiary alicyclic amines) is 2. The van der Waals surface area contributed by atoms with Crippen LogP contribution in [0.15, 0.2) is 42.5 Å². The molecule has 0 bridgehead atoms. The van der Waals surface area contributed by atoms with Gasteiger partial charge in [-0.25, -0.2) is 4.98 Å². The first kappa shape index (κ1) is 28.9. The number of benzene rings is 2. The number of anilines is 2. The zero-order chi connectivity index (χ0) is 26.8. The molecule has 5 rings (SSSR count). The second kappa shape index (κ2) is 12.4. The number of carbonyl (C=O) groups is 2. The third-order valence-corrected chi connectivity index (χ3v) is 8.38. The number of hydrogen-bond donors (Lipinski definition) is 2. The number of hydrogen-bond acceptors (Lipinski definition) is 5. The van der Waals surface area contributed by atoms with Crippen molar-refractivity contribution in [3.05, 3.63) is 42.5 Å². The number of piperidine rings is 2. The molecule has 3 heterocycles. The zero-order valence-corrected chi connectivity index (χ0v) is 23.7. The molecule has 210 valence electrons. The van der Waals surface area contributed by atoms with E-state index in [1.54, 1.807) is 0 Å². The number of aromatic nitrogens is 1. The van der Waals surface area contributed by atoms with Crippen molar-refractivity contribution in [3.63, 3.8) is 0 Å². The van der Waals surface area contributed by atoms with Crippen LogP contribution >= 0.6 is 0 Å². The van der Waals surface area contributed by atoms with Gasteiger partial charge in [-0.05, 0) is 94.8 Å². The largest absolute Gasteiger partial charge is 0.412 e. The van der Waals surface area contributed by atoms with Gasteiger partial charge in [0.05, 0.1) is 23.1 Å². The number of fused-ring (bicyclic) bond motifs is 2. The van der Waals surface area contributed by atoms with Crippen LogP contribution in [0.4, 0.5) is 11.4 Å². The minimum atomic E-state index is -0.167. The van der Waals surface area contributed by atoms with Crippen LogP contribution in [-0.2, 0) is 9.59 Å². The SMILES string of the molecule is CC1CCCN(C(C)C(=O)Nc2ccc3cc4ccc(NC(=O)C(C)N5CCCC(C)C5)cc4nc3c2)C1.O. The lowest BCUT2D eigenvalue weighted by atomic mass is 9.99. The second-order valence-electron chi connectivity index (χ2n) is 11.6. The molecule has 0 saturated carbocycles. The first-order chi connectivity index (χ1) is 18.3. The van der Waals surface area contributed by atoms with E-state index in [0.29, 0.717) is 11.8 Å². The van der Waals surface area contributed by atoms with Crippen molar-refractivity contribution in [2.75, 3.05) is 36.8 Å². The van der Waals surface area contributed by atoms with Gasteiger partial charge >= 0.3 is 0 Å². The Balaban J connectivity index is 0.00000353. The molecule has 2 aromatic carbocycles. The molecular formula is C31H43N5O3. The van der Waals surface area contributed by atoms with Crippen LogP contribution in [0.3, 0.4) is 0 Å². The quantitative estimate of drug-likeness (QED) is 0.447. The molecule has 2 amide bonds. The first-order valence-corrected chi connectivity index (χ1v) is 14.2. The number of carbonyl (C=O) groups excluding carboxylic acids is 2. The predicted molar refractivity (Wildman–Crippen MR) is 159 cm³/mol. The monoisotopic (exact) mass is 533 g/mol. The van der Waals surface area contributed by atoms with E-state index in [9.17, 15) is 9.59 Å². The smallest absolute Gasteiger partial charge is 0.241 e. The van der Waals surface area contributed by atoms with E-state index in [2.05, 4.69) is 40.3 Å². The van der Waals surface area contributed by atoms with E-state index in [1.165, 1.54) is 12.8 Å². The normalized spacial score (nSPS) is 22.2. The summed E-state index contributed by atoms with van der Waals surface area (Å²) in [7, 11) is 0. The summed E-state index contributed by atoms with van der Waals surface area (Å²) in [5, 5.41) is 8.22. The molecule has 8 heteroatoms. The summed E-state index contributed by atoms with van der Waals surface area (Å²) in [6.45, 7) is 12.4. The van der Waals surface area contributed by atoms with Gasteiger partial charge in [0.25, 0.3) is 0 Å². The van der Waals surface area contributed by atoms with Crippen LogP contribution in [0.25, 0.3) is 21.8 Å². The van der Waals surface area contributed by atoms with Crippen LogP contribution < -0.4 is 10.6 Å². The van der Waals surface area contributed by atoms with Gasteiger partial charge in [0.2, 0.25) is 11.8 Å². The molecule has 2 fully saturated rings. The highest BCUT2D eigenvalue weighted by molar-refractivity contribution is 6.00. The molecule has 0 spiro atoms. The number of amides is 2. The van der Waals surface area contributed by atoms with Gasteiger partial charge in [0, 0.05) is 35.2 Å². The van der Waals surface area contributed by atoms with Crippen molar-refractivity contribution in [1.29, 1.82) is 0 Å². The molecule has 2 aliphatic rings.